The van der Waals surface area contributed by atoms with Gasteiger partial charge in [0.25, 0.3) is 0 Å². The number of piperidine rings is 1. The van der Waals surface area contributed by atoms with Crippen LogP contribution in [0.1, 0.15) is 44.7 Å². The largest absolute Gasteiger partial charge is 0.346 e. The highest BCUT2D eigenvalue weighted by Gasteiger charge is 2.64. The summed E-state index contributed by atoms with van der Waals surface area (Å²) in [6.45, 7) is 6.51. The van der Waals surface area contributed by atoms with E-state index in [4.69, 9.17) is 15.8 Å². The van der Waals surface area contributed by atoms with Crippen molar-refractivity contribution in [2.45, 2.75) is 39.2 Å². The summed E-state index contributed by atoms with van der Waals surface area (Å²) in [4.78, 5) is 6.86. The van der Waals surface area contributed by atoms with Crippen LogP contribution < -0.4 is 4.90 Å². The van der Waals surface area contributed by atoms with E-state index in [0.717, 1.165) is 30.7 Å². The normalized spacial score (nSPS) is 22.3. The van der Waals surface area contributed by atoms with E-state index in [2.05, 4.69) is 10.00 Å². The Labute approximate surface area is 189 Å². The van der Waals surface area contributed by atoms with Crippen molar-refractivity contribution in [2.24, 2.45) is 11.3 Å². The van der Waals surface area contributed by atoms with Crippen LogP contribution in [0.15, 0.2) is 36.7 Å². The Morgan fingerprint density at radius 3 is 2.72 bits per heavy atom. The van der Waals surface area contributed by atoms with Gasteiger partial charge >= 0.3 is 0 Å². The Morgan fingerprint density at radius 2 is 2.00 bits per heavy atom. The number of aromatic nitrogens is 3. The minimum Gasteiger partial charge on any atom is -0.346 e. The lowest BCUT2D eigenvalue weighted by molar-refractivity contribution is 0.544. The van der Waals surface area contributed by atoms with Gasteiger partial charge in [0, 0.05) is 23.7 Å². The first kappa shape index (κ1) is 21.1. The number of hydrogen-bond acceptors (Lipinski definition) is 6. The van der Waals surface area contributed by atoms with Crippen LogP contribution in [-0.2, 0) is 5.54 Å². The first-order chi connectivity index (χ1) is 15.1. The molecule has 166 valence electrons. The molecule has 0 unspecified atom stereocenters. The van der Waals surface area contributed by atoms with E-state index < -0.39 is 17.2 Å². The van der Waals surface area contributed by atoms with Gasteiger partial charge in [0.05, 0.1) is 22.3 Å². The second-order valence-electron chi connectivity index (χ2n) is 9.51. The van der Waals surface area contributed by atoms with E-state index in [1.54, 1.807) is 16.9 Å². The topological polar surface area (TPSA) is 81.1 Å². The van der Waals surface area contributed by atoms with Crippen molar-refractivity contribution >= 4 is 33.3 Å². The maximum absolute atomic E-state index is 14.7. The van der Waals surface area contributed by atoms with Gasteiger partial charge in [-0.2, -0.15) is 5.10 Å². The predicted molar refractivity (Wildman–Crippen MR) is 123 cm³/mol. The molecule has 2 aliphatic rings. The van der Waals surface area contributed by atoms with Gasteiger partial charge in [-0.05, 0) is 43.0 Å². The van der Waals surface area contributed by atoms with Crippen molar-refractivity contribution in [1.29, 1.82) is 10.8 Å². The Kier molecular flexibility index (Phi) is 4.67. The van der Waals surface area contributed by atoms with Crippen LogP contribution in [0, 0.1) is 33.8 Å². The fourth-order valence-electron chi connectivity index (χ4n) is 4.58. The smallest absolute Gasteiger partial charge is 0.167 e. The molecular weight excluding hydrogens is 430 g/mol. The number of benzene rings is 1. The van der Waals surface area contributed by atoms with Crippen LogP contribution in [0.25, 0.3) is 5.65 Å². The van der Waals surface area contributed by atoms with Crippen LogP contribution in [0.2, 0.25) is 0 Å². The molecule has 6 nitrogen and oxygen atoms in total. The van der Waals surface area contributed by atoms with Gasteiger partial charge in [-0.3, -0.25) is 10.8 Å². The van der Waals surface area contributed by atoms with Gasteiger partial charge < -0.3 is 4.90 Å². The summed E-state index contributed by atoms with van der Waals surface area (Å²) in [5.74, 6) is 0.0845. The predicted octanol–water partition coefficient (Wildman–Crippen LogP) is 5.21. The molecule has 0 radical (unpaired) electrons. The quantitative estimate of drug-likeness (QED) is 0.420. The fraction of sp³-hybridized carbons (Fsp3) is 0.391. The number of nitrogens with one attached hydrogen (secondary N) is 2. The molecule has 1 saturated heterocycles. The summed E-state index contributed by atoms with van der Waals surface area (Å²) in [6, 6.07) is 5.48. The molecule has 2 fully saturated rings. The lowest BCUT2D eigenvalue weighted by Gasteiger charge is -2.30. The van der Waals surface area contributed by atoms with Gasteiger partial charge in [-0.1, -0.05) is 32.5 Å². The molecule has 1 aliphatic carbocycles. The van der Waals surface area contributed by atoms with Gasteiger partial charge in [0.2, 0.25) is 0 Å². The third kappa shape index (κ3) is 3.21. The molecule has 5 rings (SSSR count). The number of anilines is 1. The zero-order valence-electron chi connectivity index (χ0n) is 18.1. The summed E-state index contributed by atoms with van der Waals surface area (Å²) < 4.78 is 30.3. The summed E-state index contributed by atoms with van der Waals surface area (Å²) in [5, 5.41) is 21.7. The average Bonchev–Trinajstić information content (AvgIpc) is 3.12. The van der Waals surface area contributed by atoms with Crippen molar-refractivity contribution < 1.29 is 8.78 Å². The monoisotopic (exact) mass is 454 g/mol. The second-order valence-corrected chi connectivity index (χ2v) is 10.5. The minimum absolute atomic E-state index is 0.209. The van der Waals surface area contributed by atoms with Crippen molar-refractivity contribution in [3.05, 3.63) is 59.4 Å². The molecule has 0 amide bonds. The lowest BCUT2D eigenvalue weighted by atomic mass is 9.99. The molecule has 0 spiro atoms. The zero-order chi connectivity index (χ0) is 22.8. The highest BCUT2D eigenvalue weighted by atomic mass is 32.2. The SMILES string of the molecule is CC(C)(C)C(=N)SC(=N)c1cnn2ccc(N3CC[C@H]4C[C@]43c3cc(F)ccc3F)nc12. The van der Waals surface area contributed by atoms with Crippen molar-refractivity contribution in [3.63, 3.8) is 0 Å². The molecule has 2 atom stereocenters. The van der Waals surface area contributed by atoms with Crippen molar-refractivity contribution in [1.82, 2.24) is 14.6 Å². The molecule has 2 aromatic heterocycles. The fourth-order valence-corrected chi connectivity index (χ4v) is 5.34. The summed E-state index contributed by atoms with van der Waals surface area (Å²) in [6.07, 6.45) is 5.02. The number of hydrogen-bond donors (Lipinski definition) is 2. The number of fused-ring (bicyclic) bond motifs is 2. The molecule has 9 heteroatoms. The lowest BCUT2D eigenvalue weighted by Crippen LogP contribution is -2.34. The van der Waals surface area contributed by atoms with Crippen LogP contribution in [0.5, 0.6) is 0 Å². The number of rotatable bonds is 3. The summed E-state index contributed by atoms with van der Waals surface area (Å²) >= 11 is 1.09. The molecule has 0 bridgehead atoms. The van der Waals surface area contributed by atoms with E-state index in [-0.39, 0.29) is 16.4 Å². The Morgan fingerprint density at radius 1 is 1.22 bits per heavy atom. The van der Waals surface area contributed by atoms with Crippen LogP contribution >= 0.6 is 11.8 Å². The van der Waals surface area contributed by atoms with E-state index in [0.29, 0.717) is 34.2 Å². The van der Waals surface area contributed by atoms with E-state index in [1.165, 1.54) is 12.1 Å². The van der Waals surface area contributed by atoms with Gasteiger partial charge in [-0.15, -0.1) is 0 Å². The average molecular weight is 455 g/mol. The number of nitrogens with zero attached hydrogens (tertiary/aromatic N) is 4. The Bertz CT molecular complexity index is 1260. The first-order valence-corrected chi connectivity index (χ1v) is 11.4. The van der Waals surface area contributed by atoms with Crippen LogP contribution in [-0.4, -0.2) is 31.2 Å². The molecule has 2 N–H and O–H groups in total. The van der Waals surface area contributed by atoms with Crippen LogP contribution in [0.3, 0.4) is 0 Å². The maximum atomic E-state index is 14.7. The Balaban J connectivity index is 1.52. The molecule has 3 aromatic rings. The third-order valence-corrected chi connectivity index (χ3v) is 7.65. The molecule has 1 saturated carbocycles. The van der Waals surface area contributed by atoms with E-state index in [9.17, 15) is 8.78 Å². The standard InChI is InChI=1S/C23H24F2N6S/c1-22(2,3)21(27)32-19(26)15-12-28-31-9-7-18(29-20(15)31)30-8-6-13-11-23(13,30)16-10-14(24)4-5-17(16)25/h4-5,7,9-10,12-13,26-27H,6,8,11H2,1-3H3/t13-,23+/m0/s1. The van der Waals surface area contributed by atoms with Gasteiger partial charge in [0.15, 0.2) is 5.65 Å². The van der Waals surface area contributed by atoms with Gasteiger partial charge in [-0.25, -0.2) is 18.3 Å². The number of halogens is 2. The van der Waals surface area contributed by atoms with E-state index in [1.807, 2.05) is 26.8 Å². The third-order valence-electron chi connectivity index (χ3n) is 6.41. The first-order valence-electron chi connectivity index (χ1n) is 10.5. The van der Waals surface area contributed by atoms with Crippen LogP contribution in [0.4, 0.5) is 14.6 Å². The highest BCUT2D eigenvalue weighted by Crippen LogP contribution is 2.63. The van der Waals surface area contributed by atoms with Gasteiger partial charge in [0.1, 0.15) is 22.5 Å². The highest BCUT2D eigenvalue weighted by molar-refractivity contribution is 8.26. The molecule has 1 aliphatic heterocycles. The second kappa shape index (κ2) is 7.10. The summed E-state index contributed by atoms with van der Waals surface area (Å²) in [7, 11) is 0. The molecule has 32 heavy (non-hydrogen) atoms. The molecular formula is C23H24F2N6S. The molecule has 3 heterocycles. The zero-order valence-corrected chi connectivity index (χ0v) is 18.9. The maximum Gasteiger partial charge on any atom is 0.167 e. The number of thioether (sulfide) groups is 1. The summed E-state index contributed by atoms with van der Waals surface area (Å²) in [5.41, 5.74) is 0.520. The molecule has 1 aromatic carbocycles. The van der Waals surface area contributed by atoms with E-state index >= 15 is 0 Å². The van der Waals surface area contributed by atoms with Crippen molar-refractivity contribution in [2.75, 3.05) is 11.4 Å². The Hall–Kier alpha value is -2.81. The van der Waals surface area contributed by atoms with Crippen molar-refractivity contribution in [3.8, 4) is 0 Å². The minimum atomic E-state index is -0.575.